The molecule has 7 aromatic rings. The number of nitrogens with zero attached hydrogens (tertiary/aromatic N) is 3. The van der Waals surface area contributed by atoms with Gasteiger partial charge in [-0.15, -0.1) is 0 Å². The van der Waals surface area contributed by atoms with Crippen LogP contribution in [-0.4, -0.2) is 6.71 Å². The molecule has 3 nitrogen and oxygen atoms in total. The molecule has 7 aromatic carbocycles. The van der Waals surface area contributed by atoms with Crippen molar-refractivity contribution in [2.24, 2.45) is 0 Å². The molecular formula is C48H42BN3. The van der Waals surface area contributed by atoms with Gasteiger partial charge >= 0.3 is 0 Å². The largest absolute Gasteiger partial charge is 0.311 e. The molecule has 0 fully saturated rings. The van der Waals surface area contributed by atoms with Crippen LogP contribution in [-0.2, 0) is 0 Å². The van der Waals surface area contributed by atoms with E-state index in [0.717, 1.165) is 5.69 Å². The van der Waals surface area contributed by atoms with Crippen LogP contribution in [0.1, 0.15) is 33.4 Å². The number of rotatable bonds is 5. The molecule has 0 saturated heterocycles. The Labute approximate surface area is 308 Å². The zero-order valence-electron chi connectivity index (χ0n) is 30.8. The number of anilines is 9. The first-order valence-electron chi connectivity index (χ1n) is 18.3. The maximum atomic E-state index is 2.56. The number of aryl methyl sites for hydroxylation is 6. The third-order valence-corrected chi connectivity index (χ3v) is 11.2. The highest BCUT2D eigenvalue weighted by Gasteiger charge is 2.45. The molecule has 0 saturated carbocycles. The smallest absolute Gasteiger partial charge is 0.252 e. The standard InChI is InChI=1S/C48H42BN3/c1-31-17-7-11-25-40(31)50(41-26-12-8-18-32(41)2)37-29-44-46-45(30-37)52(43-28-14-10-20-34(43)4)48-36(6)22-16-24-39(48)49(46)38-23-15-21-35(5)47(38)51(44)42-27-13-9-19-33(42)3/h7-30H,1-6H3. The van der Waals surface area contributed by atoms with Gasteiger partial charge < -0.3 is 14.7 Å². The normalized spacial score (nSPS) is 12.7. The minimum Gasteiger partial charge on any atom is -0.311 e. The fraction of sp³-hybridized carbons (Fsp3) is 0.125. The first-order valence-corrected chi connectivity index (χ1v) is 18.3. The van der Waals surface area contributed by atoms with Crippen LogP contribution >= 0.6 is 0 Å². The zero-order valence-corrected chi connectivity index (χ0v) is 30.8. The first-order chi connectivity index (χ1) is 25.3. The predicted molar refractivity (Wildman–Crippen MR) is 224 cm³/mol. The quantitative estimate of drug-likeness (QED) is 0.169. The van der Waals surface area contributed by atoms with E-state index in [2.05, 4.69) is 202 Å². The molecule has 0 amide bonds. The Hall–Kier alpha value is -6.00. The second-order valence-corrected chi connectivity index (χ2v) is 14.5. The Morgan fingerprint density at radius 2 is 0.769 bits per heavy atom. The van der Waals surface area contributed by atoms with Crippen molar-refractivity contribution in [1.82, 2.24) is 0 Å². The zero-order chi connectivity index (χ0) is 35.7. The molecule has 2 heterocycles. The molecule has 252 valence electrons. The highest BCUT2D eigenvalue weighted by Crippen LogP contribution is 2.50. The second-order valence-electron chi connectivity index (χ2n) is 14.5. The number of hydrogen-bond donors (Lipinski definition) is 0. The van der Waals surface area contributed by atoms with Crippen molar-refractivity contribution in [3.8, 4) is 0 Å². The van der Waals surface area contributed by atoms with E-state index in [0.29, 0.717) is 0 Å². The minimum atomic E-state index is 0.0646. The molecule has 2 aliphatic heterocycles. The summed E-state index contributed by atoms with van der Waals surface area (Å²) in [4.78, 5) is 7.59. The van der Waals surface area contributed by atoms with E-state index in [1.165, 1.54) is 95.3 Å². The van der Waals surface area contributed by atoms with Crippen LogP contribution < -0.4 is 31.1 Å². The van der Waals surface area contributed by atoms with Crippen LogP contribution in [0, 0.1) is 41.5 Å². The van der Waals surface area contributed by atoms with Crippen LogP contribution in [0.25, 0.3) is 0 Å². The van der Waals surface area contributed by atoms with Crippen LogP contribution in [0.2, 0.25) is 0 Å². The third-order valence-electron chi connectivity index (χ3n) is 11.2. The number of para-hydroxylation sites is 6. The highest BCUT2D eigenvalue weighted by molar-refractivity contribution is 7.00. The summed E-state index contributed by atoms with van der Waals surface area (Å²) in [7, 11) is 0. The molecule has 0 unspecified atom stereocenters. The Kier molecular flexibility index (Phi) is 7.59. The number of benzene rings is 7. The fourth-order valence-corrected chi connectivity index (χ4v) is 8.73. The van der Waals surface area contributed by atoms with Gasteiger partial charge in [0.15, 0.2) is 0 Å². The van der Waals surface area contributed by atoms with Gasteiger partial charge in [-0.25, -0.2) is 0 Å². The SMILES string of the molecule is Cc1ccccc1N(c1cc2c3c(c1)N(c1ccccc1C)c1c(C)cccc1B3c1cccc(C)c1N2c1ccccc1C)c1ccccc1C. The summed E-state index contributed by atoms with van der Waals surface area (Å²) >= 11 is 0. The molecule has 0 aromatic heterocycles. The Morgan fingerprint density at radius 3 is 1.19 bits per heavy atom. The second kappa shape index (κ2) is 12.3. The Bertz CT molecular complexity index is 2360. The van der Waals surface area contributed by atoms with Gasteiger partial charge in [0.05, 0.1) is 5.69 Å². The summed E-state index contributed by atoms with van der Waals surface area (Å²) in [5.74, 6) is 0. The predicted octanol–water partition coefficient (Wildman–Crippen LogP) is 11.1. The van der Waals surface area contributed by atoms with Crippen molar-refractivity contribution < 1.29 is 0 Å². The molecule has 0 spiro atoms. The lowest BCUT2D eigenvalue weighted by atomic mass is 9.33. The molecule has 0 aliphatic carbocycles. The summed E-state index contributed by atoms with van der Waals surface area (Å²) in [6.07, 6.45) is 0. The maximum absolute atomic E-state index is 2.56. The summed E-state index contributed by atoms with van der Waals surface area (Å²) in [6.45, 7) is 13.5. The van der Waals surface area contributed by atoms with E-state index in [9.17, 15) is 0 Å². The van der Waals surface area contributed by atoms with E-state index < -0.39 is 0 Å². The maximum Gasteiger partial charge on any atom is 0.252 e. The Morgan fingerprint density at radius 1 is 0.385 bits per heavy atom. The topological polar surface area (TPSA) is 9.72 Å². The van der Waals surface area contributed by atoms with Gasteiger partial charge in [-0.3, -0.25) is 0 Å². The van der Waals surface area contributed by atoms with Gasteiger partial charge in [0.1, 0.15) is 0 Å². The lowest BCUT2D eigenvalue weighted by molar-refractivity contribution is 1.18. The van der Waals surface area contributed by atoms with Gasteiger partial charge in [-0.1, -0.05) is 109 Å². The molecule has 9 rings (SSSR count). The highest BCUT2D eigenvalue weighted by atomic mass is 15.2. The molecule has 0 radical (unpaired) electrons. The molecule has 0 atom stereocenters. The molecular weight excluding hydrogens is 629 g/mol. The van der Waals surface area contributed by atoms with Crippen molar-refractivity contribution >= 4 is 74.3 Å². The summed E-state index contributed by atoms with van der Waals surface area (Å²) in [6, 6.07) is 53.9. The van der Waals surface area contributed by atoms with E-state index in [4.69, 9.17) is 0 Å². The van der Waals surface area contributed by atoms with E-state index in [1.54, 1.807) is 0 Å². The molecule has 2 aliphatic rings. The number of fused-ring (bicyclic) bond motifs is 4. The molecule has 52 heavy (non-hydrogen) atoms. The summed E-state index contributed by atoms with van der Waals surface area (Å²) in [5.41, 5.74) is 22.3. The van der Waals surface area contributed by atoms with Crippen LogP contribution in [0.15, 0.2) is 146 Å². The van der Waals surface area contributed by atoms with Gasteiger partial charge in [-0.2, -0.15) is 0 Å². The average Bonchev–Trinajstić information content (AvgIpc) is 3.14. The van der Waals surface area contributed by atoms with E-state index in [1.807, 2.05) is 0 Å². The lowest BCUT2D eigenvalue weighted by Gasteiger charge is -2.46. The van der Waals surface area contributed by atoms with E-state index >= 15 is 0 Å². The van der Waals surface area contributed by atoms with Crippen molar-refractivity contribution in [2.45, 2.75) is 41.5 Å². The van der Waals surface area contributed by atoms with Crippen LogP contribution in [0.4, 0.5) is 51.2 Å². The van der Waals surface area contributed by atoms with Gasteiger partial charge in [0, 0.05) is 45.5 Å². The average molecular weight is 672 g/mol. The van der Waals surface area contributed by atoms with E-state index in [-0.39, 0.29) is 6.71 Å². The Balaban J connectivity index is 1.47. The van der Waals surface area contributed by atoms with Crippen molar-refractivity contribution in [2.75, 3.05) is 14.7 Å². The van der Waals surface area contributed by atoms with Crippen LogP contribution in [0.3, 0.4) is 0 Å². The first kappa shape index (κ1) is 31.9. The van der Waals surface area contributed by atoms with Gasteiger partial charge in [0.25, 0.3) is 6.71 Å². The number of hydrogen-bond acceptors (Lipinski definition) is 3. The third kappa shape index (κ3) is 4.82. The van der Waals surface area contributed by atoms with Gasteiger partial charge in [-0.05, 0) is 128 Å². The minimum absolute atomic E-state index is 0.0646. The summed E-state index contributed by atoms with van der Waals surface area (Å²) in [5, 5.41) is 0. The van der Waals surface area contributed by atoms with Crippen molar-refractivity contribution in [1.29, 1.82) is 0 Å². The monoisotopic (exact) mass is 671 g/mol. The van der Waals surface area contributed by atoms with Crippen molar-refractivity contribution in [3.63, 3.8) is 0 Å². The summed E-state index contributed by atoms with van der Waals surface area (Å²) < 4.78 is 0. The van der Waals surface area contributed by atoms with Crippen LogP contribution in [0.5, 0.6) is 0 Å². The van der Waals surface area contributed by atoms with Crippen molar-refractivity contribution in [3.05, 3.63) is 179 Å². The molecule has 0 bridgehead atoms. The lowest BCUT2D eigenvalue weighted by Crippen LogP contribution is -2.61. The fourth-order valence-electron chi connectivity index (χ4n) is 8.73. The molecule has 0 N–H and O–H groups in total. The van der Waals surface area contributed by atoms with Gasteiger partial charge in [0.2, 0.25) is 0 Å². The molecule has 4 heteroatoms.